The van der Waals surface area contributed by atoms with Gasteiger partial charge in [0.05, 0.1) is 6.54 Å². The molecule has 1 aliphatic rings. The summed E-state index contributed by atoms with van der Waals surface area (Å²) in [5.74, 6) is 5.85. The van der Waals surface area contributed by atoms with Gasteiger partial charge in [0.25, 0.3) is 5.91 Å². The summed E-state index contributed by atoms with van der Waals surface area (Å²) in [6.45, 7) is 5.31. The zero-order valence-corrected chi connectivity index (χ0v) is 13.0. The number of nitrogens with one attached hydrogen (secondary N) is 1. The molecule has 0 atom stereocenters. The van der Waals surface area contributed by atoms with Crippen molar-refractivity contribution in [2.75, 3.05) is 13.1 Å². The molecule has 0 heterocycles. The summed E-state index contributed by atoms with van der Waals surface area (Å²) >= 11 is 0. The molecule has 1 aromatic rings. The van der Waals surface area contributed by atoms with Crippen LogP contribution in [0.3, 0.4) is 0 Å². The first-order valence-corrected chi connectivity index (χ1v) is 7.68. The first kappa shape index (κ1) is 15.6. The fourth-order valence-corrected chi connectivity index (χ4v) is 2.64. The highest BCUT2D eigenvalue weighted by atomic mass is 16.1. The lowest BCUT2D eigenvalue weighted by molar-refractivity contribution is 0.0943. The second-order valence-electron chi connectivity index (χ2n) is 5.97. The summed E-state index contributed by atoms with van der Waals surface area (Å²) < 4.78 is 0. The van der Waals surface area contributed by atoms with E-state index in [1.54, 1.807) is 0 Å². The van der Waals surface area contributed by atoms with Crippen LogP contribution in [0, 0.1) is 24.2 Å². The first-order valence-electron chi connectivity index (χ1n) is 7.68. The van der Waals surface area contributed by atoms with Gasteiger partial charge in [-0.25, -0.2) is 0 Å². The Kier molecular flexibility index (Phi) is 5.03. The third-order valence-electron chi connectivity index (χ3n) is 4.19. The van der Waals surface area contributed by atoms with E-state index in [1.807, 2.05) is 25.1 Å². The maximum Gasteiger partial charge on any atom is 0.251 e. The Morgan fingerprint density at radius 2 is 2.19 bits per heavy atom. The van der Waals surface area contributed by atoms with Gasteiger partial charge in [-0.05, 0) is 49.3 Å². The SMILES string of the molecule is CCCC1(CNC(=O)c2ccc(C)c(C#CCN)c2)CC1. The topological polar surface area (TPSA) is 55.1 Å². The van der Waals surface area contributed by atoms with Crippen molar-refractivity contribution in [3.8, 4) is 11.8 Å². The molecule has 112 valence electrons. The van der Waals surface area contributed by atoms with Crippen LogP contribution in [0.5, 0.6) is 0 Å². The van der Waals surface area contributed by atoms with E-state index in [4.69, 9.17) is 5.73 Å². The Morgan fingerprint density at radius 3 is 2.81 bits per heavy atom. The summed E-state index contributed by atoms with van der Waals surface area (Å²) in [5.41, 5.74) is 8.39. The third kappa shape index (κ3) is 4.09. The lowest BCUT2D eigenvalue weighted by Gasteiger charge is -2.15. The van der Waals surface area contributed by atoms with E-state index in [9.17, 15) is 4.79 Å². The van der Waals surface area contributed by atoms with Crippen LogP contribution in [0.25, 0.3) is 0 Å². The summed E-state index contributed by atoms with van der Waals surface area (Å²) in [7, 11) is 0. The molecule has 3 heteroatoms. The largest absolute Gasteiger partial charge is 0.351 e. The molecule has 0 unspecified atom stereocenters. The summed E-state index contributed by atoms with van der Waals surface area (Å²) in [6, 6.07) is 5.65. The van der Waals surface area contributed by atoms with E-state index in [0.29, 0.717) is 17.5 Å². The highest BCUT2D eigenvalue weighted by Gasteiger charge is 2.41. The van der Waals surface area contributed by atoms with Crippen molar-refractivity contribution in [3.63, 3.8) is 0 Å². The molecule has 3 nitrogen and oxygen atoms in total. The average molecular weight is 284 g/mol. The van der Waals surface area contributed by atoms with Gasteiger partial charge in [0, 0.05) is 17.7 Å². The second-order valence-corrected chi connectivity index (χ2v) is 5.97. The Balaban J connectivity index is 2.02. The van der Waals surface area contributed by atoms with Gasteiger partial charge in [-0.15, -0.1) is 0 Å². The van der Waals surface area contributed by atoms with Gasteiger partial charge < -0.3 is 11.1 Å². The molecular weight excluding hydrogens is 260 g/mol. The number of carbonyl (C=O) groups is 1. The molecule has 0 saturated heterocycles. The Bertz CT molecular complexity index is 577. The molecule has 0 radical (unpaired) electrons. The number of nitrogens with two attached hydrogens (primary N) is 1. The van der Waals surface area contributed by atoms with Crippen molar-refractivity contribution in [1.29, 1.82) is 0 Å². The van der Waals surface area contributed by atoms with E-state index in [2.05, 4.69) is 24.1 Å². The van der Waals surface area contributed by atoms with Crippen LogP contribution in [0.4, 0.5) is 0 Å². The Labute approximate surface area is 127 Å². The molecule has 2 rings (SSSR count). The molecule has 0 aliphatic heterocycles. The van der Waals surface area contributed by atoms with Gasteiger partial charge in [-0.3, -0.25) is 4.79 Å². The number of hydrogen-bond acceptors (Lipinski definition) is 2. The minimum Gasteiger partial charge on any atom is -0.351 e. The molecule has 1 fully saturated rings. The fraction of sp³-hybridized carbons (Fsp3) is 0.500. The molecule has 3 N–H and O–H groups in total. The predicted octanol–water partition coefficient (Wildman–Crippen LogP) is 2.62. The standard InChI is InChI=1S/C18H24N2O/c1-3-8-18(9-10-18)13-20-17(21)16-7-6-14(2)15(12-16)5-4-11-19/h6-7,12H,3,8-11,13,19H2,1-2H3,(H,20,21). The lowest BCUT2D eigenvalue weighted by atomic mass is 10.0. The molecule has 0 spiro atoms. The van der Waals surface area contributed by atoms with Crippen LogP contribution in [0.1, 0.15) is 54.1 Å². The van der Waals surface area contributed by atoms with Crippen molar-refractivity contribution >= 4 is 5.91 Å². The van der Waals surface area contributed by atoms with Crippen molar-refractivity contribution < 1.29 is 4.79 Å². The van der Waals surface area contributed by atoms with Crippen LogP contribution in [-0.2, 0) is 0 Å². The number of amides is 1. The van der Waals surface area contributed by atoms with Gasteiger partial charge in [0.2, 0.25) is 0 Å². The number of hydrogen-bond donors (Lipinski definition) is 2. The van der Waals surface area contributed by atoms with E-state index in [-0.39, 0.29) is 5.91 Å². The maximum absolute atomic E-state index is 12.3. The van der Waals surface area contributed by atoms with Crippen molar-refractivity contribution in [2.24, 2.45) is 11.1 Å². The van der Waals surface area contributed by atoms with Gasteiger partial charge in [0.15, 0.2) is 0 Å². The molecular formula is C18H24N2O. The summed E-state index contributed by atoms with van der Waals surface area (Å²) in [6.07, 6.45) is 4.86. The van der Waals surface area contributed by atoms with Gasteiger partial charge in [-0.1, -0.05) is 31.3 Å². The third-order valence-corrected chi connectivity index (χ3v) is 4.19. The minimum atomic E-state index is -0.00632. The average Bonchev–Trinajstić information content (AvgIpc) is 3.24. The molecule has 1 aliphatic carbocycles. The fourth-order valence-electron chi connectivity index (χ4n) is 2.64. The smallest absolute Gasteiger partial charge is 0.251 e. The Morgan fingerprint density at radius 1 is 1.43 bits per heavy atom. The number of carbonyl (C=O) groups excluding carboxylic acids is 1. The van der Waals surface area contributed by atoms with Crippen LogP contribution < -0.4 is 11.1 Å². The normalized spacial score (nSPS) is 15.0. The molecule has 1 aromatic carbocycles. The zero-order chi connectivity index (χ0) is 15.3. The van der Waals surface area contributed by atoms with E-state index in [1.165, 1.54) is 25.7 Å². The Hall–Kier alpha value is -1.79. The minimum absolute atomic E-state index is 0.00632. The second kappa shape index (κ2) is 6.78. The maximum atomic E-state index is 12.3. The van der Waals surface area contributed by atoms with Crippen LogP contribution in [0.2, 0.25) is 0 Å². The quantitative estimate of drug-likeness (QED) is 0.817. The monoisotopic (exact) mass is 284 g/mol. The molecule has 1 saturated carbocycles. The highest BCUT2D eigenvalue weighted by molar-refractivity contribution is 5.94. The van der Waals surface area contributed by atoms with Crippen LogP contribution in [-0.4, -0.2) is 19.0 Å². The van der Waals surface area contributed by atoms with E-state index >= 15 is 0 Å². The number of rotatable bonds is 5. The van der Waals surface area contributed by atoms with Crippen molar-refractivity contribution in [2.45, 2.75) is 39.5 Å². The number of aryl methyl sites for hydroxylation is 1. The van der Waals surface area contributed by atoms with E-state index in [0.717, 1.165) is 17.7 Å². The van der Waals surface area contributed by atoms with E-state index < -0.39 is 0 Å². The van der Waals surface area contributed by atoms with Crippen molar-refractivity contribution in [3.05, 3.63) is 34.9 Å². The van der Waals surface area contributed by atoms with Gasteiger partial charge in [0.1, 0.15) is 0 Å². The first-order chi connectivity index (χ1) is 10.1. The van der Waals surface area contributed by atoms with Crippen LogP contribution in [0.15, 0.2) is 18.2 Å². The van der Waals surface area contributed by atoms with Gasteiger partial charge >= 0.3 is 0 Å². The molecule has 0 aromatic heterocycles. The van der Waals surface area contributed by atoms with Gasteiger partial charge in [-0.2, -0.15) is 0 Å². The molecule has 0 bridgehead atoms. The molecule has 1 amide bonds. The zero-order valence-electron chi connectivity index (χ0n) is 13.0. The lowest BCUT2D eigenvalue weighted by Crippen LogP contribution is -2.30. The number of benzene rings is 1. The summed E-state index contributed by atoms with van der Waals surface area (Å²) in [4.78, 5) is 12.3. The molecule has 21 heavy (non-hydrogen) atoms. The highest BCUT2D eigenvalue weighted by Crippen LogP contribution is 2.48. The summed E-state index contributed by atoms with van der Waals surface area (Å²) in [5, 5.41) is 3.08. The van der Waals surface area contributed by atoms with Crippen LogP contribution >= 0.6 is 0 Å². The predicted molar refractivity (Wildman–Crippen MR) is 86.0 cm³/mol. The van der Waals surface area contributed by atoms with Crippen molar-refractivity contribution in [1.82, 2.24) is 5.32 Å².